The number of methoxy groups -OCH3 is 1. The van der Waals surface area contributed by atoms with Crippen molar-refractivity contribution in [2.24, 2.45) is 22.1 Å². The highest BCUT2D eigenvalue weighted by atomic mass is 16.5. The van der Waals surface area contributed by atoms with Crippen LogP contribution in [0.15, 0.2) is 41.7 Å². The largest absolute Gasteiger partial charge is 0.462 e. The lowest BCUT2D eigenvalue weighted by atomic mass is 9.59. The van der Waals surface area contributed by atoms with Gasteiger partial charge in [0.1, 0.15) is 12.1 Å². The molecule has 1 aromatic carbocycles. The molecule has 2 heterocycles. The Balaban J connectivity index is 1.62. The third kappa shape index (κ3) is 2.71. The van der Waals surface area contributed by atoms with Gasteiger partial charge in [0.2, 0.25) is 0 Å². The van der Waals surface area contributed by atoms with Gasteiger partial charge < -0.3 is 15.2 Å². The maximum absolute atomic E-state index is 6.09. The lowest BCUT2D eigenvalue weighted by molar-refractivity contribution is -0.0445. The Hall–Kier alpha value is -2.40. The van der Waals surface area contributed by atoms with E-state index >= 15 is 0 Å². The summed E-state index contributed by atoms with van der Waals surface area (Å²) in [6, 6.07) is 9.30. The average Bonchev–Trinajstić information content (AvgIpc) is 3.21. The van der Waals surface area contributed by atoms with E-state index in [2.05, 4.69) is 43.1 Å². The standard InChI is InChI=1S/C24H29N3O2/c1-15-8-19(13-26-12-15)17-4-5-18-11-23(7-6-21(28-3)16(2)10-23)24(20(18)9-17)14-29-22(25)27-24/h4-5,8-9,12-13,16,21H,6-7,10-11,14H2,1-3H3,(H2,25,27)/t16-,21-,23-,24+/m1/s1. The summed E-state index contributed by atoms with van der Waals surface area (Å²) in [4.78, 5) is 9.37. The predicted octanol–water partition coefficient (Wildman–Crippen LogP) is 3.97. The highest BCUT2D eigenvalue weighted by Gasteiger charge is 2.62. The number of aromatic nitrogens is 1. The molecule has 0 saturated heterocycles. The first kappa shape index (κ1) is 18.6. The minimum atomic E-state index is -0.396. The van der Waals surface area contributed by atoms with E-state index < -0.39 is 5.54 Å². The molecule has 1 saturated carbocycles. The highest BCUT2D eigenvalue weighted by Crippen LogP contribution is 2.62. The molecule has 5 nitrogen and oxygen atoms in total. The van der Waals surface area contributed by atoms with Crippen molar-refractivity contribution in [2.45, 2.75) is 51.2 Å². The Bertz CT molecular complexity index is 988. The minimum Gasteiger partial charge on any atom is -0.462 e. The molecular formula is C24H29N3O2. The first-order valence-electron chi connectivity index (χ1n) is 10.5. The number of aliphatic imine (C=N–C) groups is 1. The van der Waals surface area contributed by atoms with Gasteiger partial charge in [0, 0.05) is 30.5 Å². The SMILES string of the molecule is CO[C@@H]1CC[C@]2(Cc3ccc(-c4cncc(C)c4)cc3[C@@]23COC(N)=N3)C[C@H]1C. The van der Waals surface area contributed by atoms with Crippen LogP contribution in [-0.4, -0.2) is 30.8 Å². The molecule has 0 unspecified atom stereocenters. The fourth-order valence-corrected chi connectivity index (χ4v) is 6.08. The van der Waals surface area contributed by atoms with Crippen molar-refractivity contribution >= 4 is 6.02 Å². The van der Waals surface area contributed by atoms with Gasteiger partial charge in [0.25, 0.3) is 6.02 Å². The Morgan fingerprint density at radius 1 is 1.21 bits per heavy atom. The quantitative estimate of drug-likeness (QED) is 0.841. The molecule has 2 spiro atoms. The van der Waals surface area contributed by atoms with Crippen LogP contribution in [0.4, 0.5) is 0 Å². The molecule has 2 aliphatic carbocycles. The number of hydrogen-bond donors (Lipinski definition) is 1. The van der Waals surface area contributed by atoms with Gasteiger partial charge in [-0.25, -0.2) is 4.99 Å². The molecule has 29 heavy (non-hydrogen) atoms. The topological polar surface area (TPSA) is 69.7 Å². The van der Waals surface area contributed by atoms with Crippen molar-refractivity contribution in [3.8, 4) is 11.1 Å². The monoisotopic (exact) mass is 391 g/mol. The molecule has 0 radical (unpaired) electrons. The van der Waals surface area contributed by atoms with E-state index in [1.54, 1.807) is 0 Å². The smallest absolute Gasteiger partial charge is 0.283 e. The zero-order valence-electron chi connectivity index (χ0n) is 17.4. The molecule has 3 aliphatic rings. The summed E-state index contributed by atoms with van der Waals surface area (Å²) in [5, 5.41) is 0. The summed E-state index contributed by atoms with van der Waals surface area (Å²) < 4.78 is 11.6. The van der Waals surface area contributed by atoms with Gasteiger partial charge in [-0.05, 0) is 72.9 Å². The summed E-state index contributed by atoms with van der Waals surface area (Å²) >= 11 is 0. The fourth-order valence-electron chi connectivity index (χ4n) is 6.08. The number of benzene rings is 1. The zero-order chi connectivity index (χ0) is 20.2. The van der Waals surface area contributed by atoms with Crippen LogP contribution in [0.2, 0.25) is 0 Å². The van der Waals surface area contributed by atoms with Crippen LogP contribution < -0.4 is 5.73 Å². The molecule has 4 atom stereocenters. The number of nitrogens with zero attached hydrogens (tertiary/aromatic N) is 2. The molecule has 0 amide bonds. The van der Waals surface area contributed by atoms with Crippen molar-refractivity contribution < 1.29 is 9.47 Å². The second-order valence-electron chi connectivity index (χ2n) is 9.17. The molecule has 1 aliphatic heterocycles. The van der Waals surface area contributed by atoms with Gasteiger partial charge in [0.15, 0.2) is 0 Å². The van der Waals surface area contributed by atoms with Crippen molar-refractivity contribution in [3.05, 3.63) is 53.3 Å². The van der Waals surface area contributed by atoms with Gasteiger partial charge in [0.05, 0.1) is 6.10 Å². The van der Waals surface area contributed by atoms with E-state index in [1.165, 1.54) is 16.7 Å². The second-order valence-corrected chi connectivity index (χ2v) is 9.17. The van der Waals surface area contributed by atoms with E-state index in [4.69, 9.17) is 20.2 Å². The lowest BCUT2D eigenvalue weighted by Gasteiger charge is -2.47. The van der Waals surface area contributed by atoms with Crippen LogP contribution >= 0.6 is 0 Å². The van der Waals surface area contributed by atoms with Crippen LogP contribution in [0.3, 0.4) is 0 Å². The molecule has 5 heteroatoms. The van der Waals surface area contributed by atoms with E-state index in [-0.39, 0.29) is 5.41 Å². The lowest BCUT2D eigenvalue weighted by Crippen LogP contribution is -2.48. The van der Waals surface area contributed by atoms with Gasteiger partial charge >= 0.3 is 0 Å². The first-order chi connectivity index (χ1) is 14.0. The van der Waals surface area contributed by atoms with Crippen molar-refractivity contribution in [1.29, 1.82) is 0 Å². The summed E-state index contributed by atoms with van der Waals surface area (Å²) in [6.45, 7) is 4.91. The highest BCUT2D eigenvalue weighted by molar-refractivity contribution is 5.76. The van der Waals surface area contributed by atoms with E-state index in [9.17, 15) is 0 Å². The van der Waals surface area contributed by atoms with Crippen molar-refractivity contribution in [1.82, 2.24) is 4.98 Å². The van der Waals surface area contributed by atoms with Gasteiger partial charge in [-0.15, -0.1) is 0 Å². The van der Waals surface area contributed by atoms with Crippen molar-refractivity contribution in [2.75, 3.05) is 13.7 Å². The average molecular weight is 392 g/mol. The van der Waals surface area contributed by atoms with Crippen LogP contribution in [0, 0.1) is 18.3 Å². The van der Waals surface area contributed by atoms with E-state index in [0.717, 1.165) is 36.8 Å². The maximum Gasteiger partial charge on any atom is 0.283 e. The van der Waals surface area contributed by atoms with Crippen LogP contribution in [-0.2, 0) is 21.4 Å². The van der Waals surface area contributed by atoms with Crippen molar-refractivity contribution in [3.63, 3.8) is 0 Å². The maximum atomic E-state index is 6.09. The van der Waals surface area contributed by atoms with Gasteiger partial charge in [-0.3, -0.25) is 4.98 Å². The summed E-state index contributed by atoms with van der Waals surface area (Å²) in [7, 11) is 1.83. The van der Waals surface area contributed by atoms with Gasteiger partial charge in [-0.2, -0.15) is 0 Å². The number of amidine groups is 1. The van der Waals surface area contributed by atoms with Gasteiger partial charge in [-0.1, -0.05) is 19.1 Å². The number of rotatable bonds is 2. The Kier molecular flexibility index (Phi) is 4.21. The molecule has 5 rings (SSSR count). The summed E-state index contributed by atoms with van der Waals surface area (Å²) in [5.74, 6) is 0.484. The Labute approximate surface area is 172 Å². The predicted molar refractivity (Wildman–Crippen MR) is 114 cm³/mol. The van der Waals surface area contributed by atoms with Crippen LogP contribution in [0.25, 0.3) is 11.1 Å². The fraction of sp³-hybridized carbons (Fsp3) is 0.500. The number of nitrogens with two attached hydrogens (primary N) is 1. The third-order valence-corrected chi connectivity index (χ3v) is 7.46. The summed E-state index contributed by atoms with van der Waals surface area (Å²) in [5.41, 5.74) is 11.9. The first-order valence-corrected chi connectivity index (χ1v) is 10.5. The number of ether oxygens (including phenoxy) is 2. The molecule has 2 N–H and O–H groups in total. The van der Waals surface area contributed by atoms with E-state index in [0.29, 0.717) is 24.7 Å². The minimum absolute atomic E-state index is 0.0361. The molecule has 2 aromatic rings. The molecule has 1 aromatic heterocycles. The number of pyridine rings is 1. The molecular weight excluding hydrogens is 362 g/mol. The summed E-state index contributed by atoms with van der Waals surface area (Å²) in [6.07, 6.45) is 8.36. The number of fused-ring (bicyclic) bond motifs is 3. The number of hydrogen-bond acceptors (Lipinski definition) is 5. The molecule has 152 valence electrons. The van der Waals surface area contributed by atoms with E-state index in [1.807, 2.05) is 19.5 Å². The number of aryl methyl sites for hydroxylation is 1. The van der Waals surface area contributed by atoms with Crippen LogP contribution in [0.1, 0.15) is 42.9 Å². The Morgan fingerprint density at radius 2 is 2.07 bits per heavy atom. The molecule has 0 bridgehead atoms. The Morgan fingerprint density at radius 3 is 2.76 bits per heavy atom. The zero-order valence-corrected chi connectivity index (χ0v) is 17.4. The normalized spacial score (nSPS) is 33.0. The van der Waals surface area contributed by atoms with Crippen LogP contribution in [0.5, 0.6) is 0 Å². The second kappa shape index (κ2) is 6.56. The third-order valence-electron chi connectivity index (χ3n) is 7.46. The molecule has 1 fully saturated rings.